The van der Waals surface area contributed by atoms with Gasteiger partial charge in [-0.25, -0.2) is 4.39 Å². The SMILES string of the molecule is CCC(=O)c1ccc(F)cc1Nc1ccc(Cl)cc1. The van der Waals surface area contributed by atoms with Crippen molar-refractivity contribution in [3.05, 3.63) is 58.9 Å². The molecule has 0 aromatic heterocycles. The largest absolute Gasteiger partial charge is 0.355 e. The van der Waals surface area contributed by atoms with Gasteiger partial charge in [0.2, 0.25) is 0 Å². The van der Waals surface area contributed by atoms with E-state index in [-0.39, 0.29) is 11.6 Å². The van der Waals surface area contributed by atoms with Gasteiger partial charge < -0.3 is 5.32 Å². The van der Waals surface area contributed by atoms with Crippen LogP contribution in [0.2, 0.25) is 5.02 Å². The zero-order valence-corrected chi connectivity index (χ0v) is 11.2. The van der Waals surface area contributed by atoms with Crippen LogP contribution in [0.5, 0.6) is 0 Å². The highest BCUT2D eigenvalue weighted by molar-refractivity contribution is 6.30. The highest BCUT2D eigenvalue weighted by atomic mass is 35.5. The van der Waals surface area contributed by atoms with Crippen molar-refractivity contribution >= 4 is 28.8 Å². The van der Waals surface area contributed by atoms with E-state index in [4.69, 9.17) is 11.6 Å². The molecule has 1 N–H and O–H groups in total. The van der Waals surface area contributed by atoms with Gasteiger partial charge in [-0.15, -0.1) is 0 Å². The van der Waals surface area contributed by atoms with E-state index in [0.717, 1.165) is 5.69 Å². The molecule has 0 unspecified atom stereocenters. The fourth-order valence-electron chi connectivity index (χ4n) is 1.74. The Morgan fingerprint density at radius 2 is 1.89 bits per heavy atom. The molecule has 0 spiro atoms. The Morgan fingerprint density at radius 3 is 2.53 bits per heavy atom. The van der Waals surface area contributed by atoms with E-state index >= 15 is 0 Å². The Balaban J connectivity index is 2.35. The summed E-state index contributed by atoms with van der Waals surface area (Å²) in [6.45, 7) is 1.78. The van der Waals surface area contributed by atoms with Crippen LogP contribution in [-0.4, -0.2) is 5.78 Å². The number of ketones is 1. The lowest BCUT2D eigenvalue weighted by atomic mass is 10.1. The minimum atomic E-state index is -0.385. The van der Waals surface area contributed by atoms with Crippen LogP contribution >= 0.6 is 11.6 Å². The average molecular weight is 278 g/mol. The maximum Gasteiger partial charge on any atom is 0.164 e. The van der Waals surface area contributed by atoms with Crippen molar-refractivity contribution in [3.8, 4) is 0 Å². The van der Waals surface area contributed by atoms with Crippen molar-refractivity contribution in [1.82, 2.24) is 0 Å². The Bertz CT molecular complexity index is 596. The molecular formula is C15H13ClFNO. The van der Waals surface area contributed by atoms with Gasteiger partial charge in [0, 0.05) is 22.7 Å². The highest BCUT2D eigenvalue weighted by Gasteiger charge is 2.10. The van der Waals surface area contributed by atoms with E-state index in [1.54, 1.807) is 31.2 Å². The third kappa shape index (κ3) is 3.32. The van der Waals surface area contributed by atoms with Crippen molar-refractivity contribution < 1.29 is 9.18 Å². The second-order valence-electron chi connectivity index (χ2n) is 4.10. The molecule has 2 nitrogen and oxygen atoms in total. The quantitative estimate of drug-likeness (QED) is 0.812. The number of rotatable bonds is 4. The average Bonchev–Trinajstić information content (AvgIpc) is 2.41. The number of carbonyl (C=O) groups excluding carboxylic acids is 1. The number of anilines is 2. The van der Waals surface area contributed by atoms with E-state index in [0.29, 0.717) is 22.7 Å². The molecule has 0 saturated carbocycles. The summed E-state index contributed by atoms with van der Waals surface area (Å²) in [4.78, 5) is 11.8. The van der Waals surface area contributed by atoms with Gasteiger partial charge in [-0.05, 0) is 42.5 Å². The van der Waals surface area contributed by atoms with Gasteiger partial charge in [0.1, 0.15) is 5.82 Å². The zero-order chi connectivity index (χ0) is 13.8. The van der Waals surface area contributed by atoms with Crippen LogP contribution in [-0.2, 0) is 0 Å². The summed E-state index contributed by atoms with van der Waals surface area (Å²) in [5.41, 5.74) is 1.70. The molecule has 0 amide bonds. The molecule has 2 aromatic rings. The number of Topliss-reactive ketones (excluding diaryl/α,β-unsaturated/α-hetero) is 1. The van der Waals surface area contributed by atoms with E-state index in [2.05, 4.69) is 5.32 Å². The Hall–Kier alpha value is -1.87. The number of halogens is 2. The van der Waals surface area contributed by atoms with Crippen molar-refractivity contribution in [2.24, 2.45) is 0 Å². The molecule has 98 valence electrons. The molecule has 0 aliphatic rings. The van der Waals surface area contributed by atoms with Gasteiger partial charge in [-0.2, -0.15) is 0 Å². The molecule has 0 aliphatic heterocycles. The molecule has 0 radical (unpaired) electrons. The van der Waals surface area contributed by atoms with Crippen LogP contribution in [0.3, 0.4) is 0 Å². The summed E-state index contributed by atoms with van der Waals surface area (Å²) >= 11 is 5.80. The minimum absolute atomic E-state index is 0.0311. The monoisotopic (exact) mass is 277 g/mol. The highest BCUT2D eigenvalue weighted by Crippen LogP contribution is 2.24. The second-order valence-corrected chi connectivity index (χ2v) is 4.53. The van der Waals surface area contributed by atoms with Crippen LogP contribution in [0.15, 0.2) is 42.5 Å². The fraction of sp³-hybridized carbons (Fsp3) is 0.133. The van der Waals surface area contributed by atoms with E-state index < -0.39 is 0 Å². The number of hydrogen-bond donors (Lipinski definition) is 1. The van der Waals surface area contributed by atoms with Crippen LogP contribution in [0.1, 0.15) is 23.7 Å². The van der Waals surface area contributed by atoms with Gasteiger partial charge in [0.05, 0.1) is 5.69 Å². The van der Waals surface area contributed by atoms with Crippen molar-refractivity contribution in [2.75, 3.05) is 5.32 Å². The van der Waals surface area contributed by atoms with E-state index in [9.17, 15) is 9.18 Å². The first-order valence-corrected chi connectivity index (χ1v) is 6.33. The topological polar surface area (TPSA) is 29.1 Å². The molecule has 2 aromatic carbocycles. The van der Waals surface area contributed by atoms with Gasteiger partial charge in [0.15, 0.2) is 5.78 Å². The van der Waals surface area contributed by atoms with Crippen LogP contribution in [0, 0.1) is 5.82 Å². The summed E-state index contributed by atoms with van der Waals surface area (Å²) in [7, 11) is 0. The molecule has 0 saturated heterocycles. The molecule has 0 fully saturated rings. The maximum atomic E-state index is 13.3. The lowest BCUT2D eigenvalue weighted by Gasteiger charge is -2.11. The number of hydrogen-bond acceptors (Lipinski definition) is 2. The fourth-order valence-corrected chi connectivity index (χ4v) is 1.87. The Morgan fingerprint density at radius 1 is 1.21 bits per heavy atom. The second kappa shape index (κ2) is 5.85. The molecule has 0 heterocycles. The minimum Gasteiger partial charge on any atom is -0.355 e. The smallest absolute Gasteiger partial charge is 0.164 e. The van der Waals surface area contributed by atoms with Crippen molar-refractivity contribution in [1.29, 1.82) is 0 Å². The first kappa shape index (κ1) is 13.6. The summed E-state index contributed by atoms with van der Waals surface area (Å²) in [5.74, 6) is -0.416. The Labute approximate surface area is 116 Å². The molecule has 19 heavy (non-hydrogen) atoms. The summed E-state index contributed by atoms with van der Waals surface area (Å²) in [5, 5.41) is 3.66. The van der Waals surface area contributed by atoms with Crippen molar-refractivity contribution in [3.63, 3.8) is 0 Å². The van der Waals surface area contributed by atoms with E-state index in [1.807, 2.05) is 0 Å². The maximum absolute atomic E-state index is 13.3. The predicted octanol–water partition coefficient (Wildman–Crippen LogP) is 4.82. The van der Waals surface area contributed by atoms with Gasteiger partial charge >= 0.3 is 0 Å². The first-order chi connectivity index (χ1) is 9.10. The number of benzene rings is 2. The molecule has 4 heteroatoms. The summed E-state index contributed by atoms with van der Waals surface area (Å²) in [6, 6.07) is 11.1. The normalized spacial score (nSPS) is 10.3. The predicted molar refractivity (Wildman–Crippen MR) is 75.8 cm³/mol. The number of nitrogens with one attached hydrogen (secondary N) is 1. The molecule has 0 atom stereocenters. The Kier molecular flexibility index (Phi) is 4.17. The van der Waals surface area contributed by atoms with E-state index in [1.165, 1.54) is 18.2 Å². The van der Waals surface area contributed by atoms with Gasteiger partial charge in [-0.3, -0.25) is 4.79 Å². The lowest BCUT2D eigenvalue weighted by Crippen LogP contribution is -2.03. The lowest BCUT2D eigenvalue weighted by molar-refractivity contribution is 0.0989. The molecule has 0 aliphatic carbocycles. The standard InChI is InChI=1S/C15H13ClFNO/c1-2-15(19)13-8-5-11(17)9-14(13)18-12-6-3-10(16)4-7-12/h3-9,18H,2H2,1H3. The zero-order valence-electron chi connectivity index (χ0n) is 10.4. The molecule has 2 rings (SSSR count). The van der Waals surface area contributed by atoms with Crippen LogP contribution in [0.4, 0.5) is 15.8 Å². The molecule has 0 bridgehead atoms. The number of carbonyl (C=O) groups is 1. The van der Waals surface area contributed by atoms with Gasteiger partial charge in [0.25, 0.3) is 0 Å². The van der Waals surface area contributed by atoms with Crippen LogP contribution in [0.25, 0.3) is 0 Å². The summed E-state index contributed by atoms with van der Waals surface area (Å²) < 4.78 is 13.3. The summed E-state index contributed by atoms with van der Waals surface area (Å²) in [6.07, 6.45) is 0.376. The van der Waals surface area contributed by atoms with Crippen molar-refractivity contribution in [2.45, 2.75) is 13.3 Å². The van der Waals surface area contributed by atoms with Gasteiger partial charge in [-0.1, -0.05) is 18.5 Å². The molecular weight excluding hydrogens is 265 g/mol. The first-order valence-electron chi connectivity index (χ1n) is 5.95. The third-order valence-electron chi connectivity index (χ3n) is 2.73. The van der Waals surface area contributed by atoms with Crippen LogP contribution < -0.4 is 5.32 Å². The third-order valence-corrected chi connectivity index (χ3v) is 2.98.